The van der Waals surface area contributed by atoms with Crippen LogP contribution in [0.1, 0.15) is 51.3 Å². The lowest BCUT2D eigenvalue weighted by Gasteiger charge is -2.26. The van der Waals surface area contributed by atoms with Crippen LogP contribution in [-0.2, 0) is 16.3 Å². The van der Waals surface area contributed by atoms with Crippen molar-refractivity contribution < 1.29 is 12.8 Å². The van der Waals surface area contributed by atoms with E-state index < -0.39 is 9.84 Å². The number of rotatable bonds is 7. The standard InChI is InChI=1S/C19H25ClN2O3S/c1-2-3-5-8-17-21-18(19(25-17)22-13-6-4-7-14-22)26(23,24)16-11-9-15(20)10-12-16/h9-12H,2-8,13-14H2,1H3. The summed E-state index contributed by atoms with van der Waals surface area (Å²) in [5.74, 6) is 0.901. The zero-order valence-electron chi connectivity index (χ0n) is 15.1. The molecule has 1 aromatic carbocycles. The molecule has 0 saturated carbocycles. The van der Waals surface area contributed by atoms with E-state index in [0.29, 0.717) is 23.2 Å². The van der Waals surface area contributed by atoms with Crippen molar-refractivity contribution in [2.24, 2.45) is 0 Å². The molecule has 26 heavy (non-hydrogen) atoms. The number of anilines is 1. The van der Waals surface area contributed by atoms with Gasteiger partial charge in [0.15, 0.2) is 5.89 Å². The zero-order chi connectivity index (χ0) is 18.6. The van der Waals surface area contributed by atoms with Crippen molar-refractivity contribution in [1.29, 1.82) is 0 Å². The lowest BCUT2D eigenvalue weighted by molar-refractivity contribution is 0.455. The minimum Gasteiger partial charge on any atom is -0.424 e. The molecule has 0 N–H and O–H groups in total. The second kappa shape index (κ2) is 8.44. The average Bonchev–Trinajstić information content (AvgIpc) is 3.08. The molecule has 0 bridgehead atoms. The Morgan fingerprint density at radius 3 is 2.46 bits per heavy atom. The van der Waals surface area contributed by atoms with E-state index in [2.05, 4.69) is 11.9 Å². The van der Waals surface area contributed by atoms with Gasteiger partial charge in [0, 0.05) is 24.5 Å². The van der Waals surface area contributed by atoms with Crippen molar-refractivity contribution in [2.75, 3.05) is 18.0 Å². The molecule has 0 unspecified atom stereocenters. The van der Waals surface area contributed by atoms with Crippen molar-refractivity contribution in [3.05, 3.63) is 35.2 Å². The second-order valence-electron chi connectivity index (χ2n) is 6.68. The van der Waals surface area contributed by atoms with Crippen molar-refractivity contribution >= 4 is 27.3 Å². The molecule has 2 heterocycles. The van der Waals surface area contributed by atoms with Gasteiger partial charge in [-0.3, -0.25) is 0 Å². The number of halogens is 1. The lowest BCUT2D eigenvalue weighted by atomic mass is 10.1. The topological polar surface area (TPSA) is 63.4 Å². The van der Waals surface area contributed by atoms with Crippen LogP contribution in [0.4, 0.5) is 5.88 Å². The minimum absolute atomic E-state index is 0.0354. The number of aromatic nitrogens is 1. The summed E-state index contributed by atoms with van der Waals surface area (Å²) in [5.41, 5.74) is 0. The van der Waals surface area contributed by atoms with Crippen LogP contribution >= 0.6 is 11.6 Å². The number of piperidine rings is 1. The lowest BCUT2D eigenvalue weighted by Crippen LogP contribution is -2.30. The Morgan fingerprint density at radius 1 is 1.12 bits per heavy atom. The Balaban J connectivity index is 1.98. The summed E-state index contributed by atoms with van der Waals surface area (Å²) in [6.07, 6.45) is 6.99. The number of nitrogens with zero attached hydrogens (tertiary/aromatic N) is 2. The average molecular weight is 397 g/mol. The molecule has 0 amide bonds. The summed E-state index contributed by atoms with van der Waals surface area (Å²) in [7, 11) is -3.75. The van der Waals surface area contributed by atoms with Crippen LogP contribution in [0.25, 0.3) is 0 Å². The van der Waals surface area contributed by atoms with E-state index in [9.17, 15) is 8.42 Å². The summed E-state index contributed by atoms with van der Waals surface area (Å²) in [5, 5.41) is 0.536. The monoisotopic (exact) mass is 396 g/mol. The minimum atomic E-state index is -3.75. The van der Waals surface area contributed by atoms with Crippen molar-refractivity contribution in [2.45, 2.75) is 61.8 Å². The van der Waals surface area contributed by atoms with Gasteiger partial charge in [0.25, 0.3) is 0 Å². The number of sulfone groups is 1. The largest absolute Gasteiger partial charge is 0.424 e. The molecular formula is C19H25ClN2O3S. The molecule has 1 aliphatic heterocycles. The second-order valence-corrected chi connectivity index (χ2v) is 8.98. The van der Waals surface area contributed by atoms with E-state index in [1.807, 2.05) is 4.90 Å². The van der Waals surface area contributed by atoms with Gasteiger partial charge in [0.05, 0.1) is 4.90 Å². The Bertz CT molecular complexity index is 825. The van der Waals surface area contributed by atoms with Gasteiger partial charge < -0.3 is 9.32 Å². The fourth-order valence-corrected chi connectivity index (χ4v) is 4.64. The van der Waals surface area contributed by atoms with Crippen LogP contribution in [0.3, 0.4) is 0 Å². The molecule has 1 aromatic heterocycles. The van der Waals surface area contributed by atoms with E-state index in [0.717, 1.165) is 51.6 Å². The SMILES string of the molecule is CCCCCc1nc(S(=O)(=O)c2ccc(Cl)cc2)c(N2CCCCC2)o1. The summed E-state index contributed by atoms with van der Waals surface area (Å²) in [6, 6.07) is 6.20. The third-order valence-corrected chi connectivity index (χ3v) is 6.56. The number of oxazole rings is 1. The highest BCUT2D eigenvalue weighted by molar-refractivity contribution is 7.91. The van der Waals surface area contributed by atoms with Crippen LogP contribution in [0.5, 0.6) is 0 Å². The smallest absolute Gasteiger partial charge is 0.236 e. The maximum absolute atomic E-state index is 13.2. The van der Waals surface area contributed by atoms with Crippen LogP contribution in [-0.4, -0.2) is 26.5 Å². The van der Waals surface area contributed by atoms with E-state index in [-0.39, 0.29) is 9.92 Å². The van der Waals surface area contributed by atoms with E-state index in [4.69, 9.17) is 16.0 Å². The van der Waals surface area contributed by atoms with E-state index in [1.165, 1.54) is 12.1 Å². The first kappa shape index (κ1) is 19.2. The van der Waals surface area contributed by atoms with Gasteiger partial charge in [-0.2, -0.15) is 4.98 Å². The van der Waals surface area contributed by atoms with Gasteiger partial charge in [-0.15, -0.1) is 0 Å². The molecular weight excluding hydrogens is 372 g/mol. The fraction of sp³-hybridized carbons (Fsp3) is 0.526. The Labute approximate surface area is 160 Å². The maximum Gasteiger partial charge on any atom is 0.236 e. The van der Waals surface area contributed by atoms with E-state index >= 15 is 0 Å². The number of unbranched alkanes of at least 4 members (excludes halogenated alkanes) is 2. The van der Waals surface area contributed by atoms with Crippen LogP contribution < -0.4 is 4.90 Å². The van der Waals surface area contributed by atoms with Crippen LogP contribution in [0, 0.1) is 0 Å². The summed E-state index contributed by atoms with van der Waals surface area (Å²) < 4.78 is 32.3. The quantitative estimate of drug-likeness (QED) is 0.624. The Kier molecular flexibility index (Phi) is 6.24. The van der Waals surface area contributed by atoms with E-state index in [1.54, 1.807) is 12.1 Å². The molecule has 7 heteroatoms. The highest BCUT2D eigenvalue weighted by Gasteiger charge is 2.31. The predicted octanol–water partition coefficient (Wildman–Crippen LogP) is 4.88. The van der Waals surface area contributed by atoms with Crippen molar-refractivity contribution in [3.8, 4) is 0 Å². The van der Waals surface area contributed by atoms with Crippen LogP contribution in [0.2, 0.25) is 5.02 Å². The molecule has 2 aromatic rings. The summed E-state index contributed by atoms with van der Waals surface area (Å²) >= 11 is 5.90. The first-order valence-electron chi connectivity index (χ1n) is 9.27. The summed E-state index contributed by atoms with van der Waals surface area (Å²) in [6.45, 7) is 3.73. The highest BCUT2D eigenvalue weighted by Crippen LogP contribution is 2.33. The zero-order valence-corrected chi connectivity index (χ0v) is 16.7. The molecule has 0 radical (unpaired) electrons. The number of benzene rings is 1. The predicted molar refractivity (Wildman–Crippen MR) is 103 cm³/mol. The molecule has 0 aliphatic carbocycles. The molecule has 1 saturated heterocycles. The van der Waals surface area contributed by atoms with Gasteiger partial charge in [-0.25, -0.2) is 8.42 Å². The number of hydrogen-bond donors (Lipinski definition) is 0. The first-order chi connectivity index (χ1) is 12.5. The number of aryl methyl sites for hydroxylation is 1. The molecule has 5 nitrogen and oxygen atoms in total. The van der Waals surface area contributed by atoms with Gasteiger partial charge in [-0.1, -0.05) is 31.4 Å². The Morgan fingerprint density at radius 2 is 1.81 bits per heavy atom. The van der Waals surface area contributed by atoms with Gasteiger partial charge in [0.2, 0.25) is 20.7 Å². The molecule has 142 valence electrons. The number of hydrogen-bond acceptors (Lipinski definition) is 5. The van der Waals surface area contributed by atoms with Crippen molar-refractivity contribution in [3.63, 3.8) is 0 Å². The van der Waals surface area contributed by atoms with Crippen molar-refractivity contribution in [1.82, 2.24) is 4.98 Å². The molecule has 0 atom stereocenters. The van der Waals surface area contributed by atoms with Gasteiger partial charge in [0.1, 0.15) is 0 Å². The fourth-order valence-electron chi connectivity index (χ4n) is 3.17. The normalized spacial score (nSPS) is 15.4. The molecule has 0 spiro atoms. The third-order valence-electron chi connectivity index (χ3n) is 4.64. The highest BCUT2D eigenvalue weighted by atomic mass is 35.5. The third kappa shape index (κ3) is 4.23. The summed E-state index contributed by atoms with van der Waals surface area (Å²) in [4.78, 5) is 6.60. The molecule has 1 aliphatic rings. The van der Waals surface area contributed by atoms with Crippen LogP contribution in [0.15, 0.2) is 38.6 Å². The first-order valence-corrected chi connectivity index (χ1v) is 11.1. The molecule has 3 rings (SSSR count). The Hall–Kier alpha value is -1.53. The van der Waals surface area contributed by atoms with Gasteiger partial charge >= 0.3 is 0 Å². The van der Waals surface area contributed by atoms with Gasteiger partial charge in [-0.05, 0) is 49.9 Å². The maximum atomic E-state index is 13.2. The molecule has 1 fully saturated rings.